The van der Waals surface area contributed by atoms with Crippen molar-refractivity contribution in [3.05, 3.63) is 17.7 Å². The van der Waals surface area contributed by atoms with Gasteiger partial charge in [-0.05, 0) is 18.9 Å². The Morgan fingerprint density at radius 2 is 2.00 bits per heavy atom. The van der Waals surface area contributed by atoms with Gasteiger partial charge >= 0.3 is 0 Å². The Morgan fingerprint density at radius 3 is 2.69 bits per heavy atom. The zero-order chi connectivity index (χ0) is 11.0. The Kier molecular flexibility index (Phi) is 2.36. The van der Waals surface area contributed by atoms with Crippen LogP contribution in [0.3, 0.4) is 0 Å². The molecule has 1 fully saturated rings. The molecule has 1 aliphatic heterocycles. The fourth-order valence-electron chi connectivity index (χ4n) is 1.98. The molecule has 2 N–H and O–H groups in total. The van der Waals surface area contributed by atoms with Crippen molar-refractivity contribution < 1.29 is 14.6 Å². The molecular formula is C12H15NO3. The SMILES string of the molecule is Oc1cc2c(cc1CNC1CCC1)OCO2. The van der Waals surface area contributed by atoms with Gasteiger partial charge < -0.3 is 19.9 Å². The lowest BCUT2D eigenvalue weighted by atomic mass is 9.93. The third-order valence-corrected chi connectivity index (χ3v) is 3.26. The summed E-state index contributed by atoms with van der Waals surface area (Å²) in [7, 11) is 0. The fourth-order valence-corrected chi connectivity index (χ4v) is 1.98. The smallest absolute Gasteiger partial charge is 0.231 e. The van der Waals surface area contributed by atoms with Crippen LogP contribution in [0.5, 0.6) is 17.2 Å². The number of phenols is 1. The Labute approximate surface area is 94.2 Å². The van der Waals surface area contributed by atoms with Gasteiger partial charge in [0.15, 0.2) is 11.5 Å². The van der Waals surface area contributed by atoms with Crippen molar-refractivity contribution in [1.82, 2.24) is 5.32 Å². The van der Waals surface area contributed by atoms with Crippen LogP contribution in [0, 0.1) is 0 Å². The Hall–Kier alpha value is -1.42. The first kappa shape index (κ1) is 9.78. The van der Waals surface area contributed by atoms with Gasteiger partial charge in [-0.25, -0.2) is 0 Å². The third kappa shape index (κ3) is 1.69. The standard InChI is InChI=1S/C12H15NO3/c14-10-5-12-11(15-7-16-12)4-8(10)6-13-9-2-1-3-9/h4-5,9,13-14H,1-3,6-7H2. The lowest BCUT2D eigenvalue weighted by Gasteiger charge is -2.26. The van der Waals surface area contributed by atoms with Gasteiger partial charge in [0.2, 0.25) is 6.79 Å². The summed E-state index contributed by atoms with van der Waals surface area (Å²) in [5.41, 5.74) is 0.871. The van der Waals surface area contributed by atoms with E-state index in [1.165, 1.54) is 19.3 Å². The molecule has 1 aliphatic carbocycles. The first-order valence-corrected chi connectivity index (χ1v) is 5.68. The largest absolute Gasteiger partial charge is 0.507 e. The second kappa shape index (κ2) is 3.87. The topological polar surface area (TPSA) is 50.7 Å². The molecule has 0 unspecified atom stereocenters. The number of aromatic hydroxyl groups is 1. The maximum atomic E-state index is 9.80. The van der Waals surface area contributed by atoms with Crippen molar-refractivity contribution in [1.29, 1.82) is 0 Å². The molecule has 0 spiro atoms. The van der Waals surface area contributed by atoms with E-state index in [2.05, 4.69) is 5.32 Å². The van der Waals surface area contributed by atoms with Gasteiger partial charge in [0.25, 0.3) is 0 Å². The van der Waals surface area contributed by atoms with Crippen molar-refractivity contribution in [2.75, 3.05) is 6.79 Å². The molecule has 1 aromatic rings. The number of ether oxygens (including phenoxy) is 2. The first-order chi connectivity index (χ1) is 7.83. The second-order valence-electron chi connectivity index (χ2n) is 4.34. The molecule has 4 nitrogen and oxygen atoms in total. The van der Waals surface area contributed by atoms with Gasteiger partial charge in [0.05, 0.1) is 0 Å². The van der Waals surface area contributed by atoms with E-state index in [1.807, 2.05) is 6.07 Å². The van der Waals surface area contributed by atoms with E-state index >= 15 is 0 Å². The van der Waals surface area contributed by atoms with Crippen LogP contribution in [0.1, 0.15) is 24.8 Å². The summed E-state index contributed by atoms with van der Waals surface area (Å²) < 4.78 is 10.5. The zero-order valence-electron chi connectivity index (χ0n) is 9.03. The molecule has 0 aromatic heterocycles. The van der Waals surface area contributed by atoms with Crippen molar-refractivity contribution in [2.45, 2.75) is 31.8 Å². The minimum atomic E-state index is 0.244. The average Bonchev–Trinajstić information content (AvgIpc) is 2.62. The van der Waals surface area contributed by atoms with Gasteiger partial charge in [-0.3, -0.25) is 0 Å². The maximum Gasteiger partial charge on any atom is 0.231 e. The summed E-state index contributed by atoms with van der Waals surface area (Å²) in [6.45, 7) is 0.932. The minimum Gasteiger partial charge on any atom is -0.507 e. The van der Waals surface area contributed by atoms with E-state index in [9.17, 15) is 5.11 Å². The third-order valence-electron chi connectivity index (χ3n) is 3.26. The molecule has 4 heteroatoms. The van der Waals surface area contributed by atoms with Crippen LogP contribution in [-0.2, 0) is 6.54 Å². The number of benzene rings is 1. The Balaban J connectivity index is 1.73. The zero-order valence-corrected chi connectivity index (χ0v) is 9.03. The number of rotatable bonds is 3. The molecule has 0 saturated heterocycles. The number of hydrogen-bond donors (Lipinski definition) is 2. The Bertz CT molecular complexity index is 401. The highest BCUT2D eigenvalue weighted by Gasteiger charge is 2.19. The molecule has 86 valence electrons. The molecular weight excluding hydrogens is 206 g/mol. The minimum absolute atomic E-state index is 0.244. The van der Waals surface area contributed by atoms with Crippen LogP contribution in [0.15, 0.2) is 12.1 Å². The fraction of sp³-hybridized carbons (Fsp3) is 0.500. The lowest BCUT2D eigenvalue weighted by Crippen LogP contribution is -2.34. The van der Waals surface area contributed by atoms with E-state index in [0.717, 1.165) is 11.3 Å². The van der Waals surface area contributed by atoms with Gasteiger partial charge in [-0.15, -0.1) is 0 Å². The van der Waals surface area contributed by atoms with E-state index in [0.29, 0.717) is 18.3 Å². The van der Waals surface area contributed by atoms with Crippen LogP contribution >= 0.6 is 0 Å². The van der Waals surface area contributed by atoms with Crippen LogP contribution in [-0.4, -0.2) is 17.9 Å². The van der Waals surface area contributed by atoms with E-state index < -0.39 is 0 Å². The molecule has 3 rings (SSSR count). The van der Waals surface area contributed by atoms with E-state index in [1.54, 1.807) is 6.07 Å². The molecule has 16 heavy (non-hydrogen) atoms. The predicted molar refractivity (Wildman–Crippen MR) is 58.7 cm³/mol. The second-order valence-corrected chi connectivity index (χ2v) is 4.34. The average molecular weight is 221 g/mol. The molecule has 1 heterocycles. The van der Waals surface area contributed by atoms with Gasteiger partial charge in [0.1, 0.15) is 5.75 Å². The summed E-state index contributed by atoms with van der Waals surface area (Å²) >= 11 is 0. The van der Waals surface area contributed by atoms with Crippen LogP contribution in [0.25, 0.3) is 0 Å². The van der Waals surface area contributed by atoms with Crippen molar-refractivity contribution in [2.24, 2.45) is 0 Å². The molecule has 0 bridgehead atoms. The van der Waals surface area contributed by atoms with Crippen molar-refractivity contribution >= 4 is 0 Å². The van der Waals surface area contributed by atoms with Gasteiger partial charge in [-0.2, -0.15) is 0 Å². The summed E-state index contributed by atoms with van der Waals surface area (Å²) in [4.78, 5) is 0. The molecule has 0 amide bonds. The highest BCUT2D eigenvalue weighted by atomic mass is 16.7. The lowest BCUT2D eigenvalue weighted by molar-refractivity contribution is 0.174. The van der Waals surface area contributed by atoms with Crippen molar-refractivity contribution in [3.63, 3.8) is 0 Å². The monoisotopic (exact) mass is 221 g/mol. The quantitative estimate of drug-likeness (QED) is 0.816. The summed E-state index contributed by atoms with van der Waals surface area (Å²) in [6.07, 6.45) is 3.79. The van der Waals surface area contributed by atoms with Crippen LogP contribution < -0.4 is 14.8 Å². The van der Waals surface area contributed by atoms with Crippen LogP contribution in [0.2, 0.25) is 0 Å². The summed E-state index contributed by atoms with van der Waals surface area (Å²) in [5.74, 6) is 1.63. The van der Waals surface area contributed by atoms with Gasteiger partial charge in [-0.1, -0.05) is 6.42 Å². The highest BCUT2D eigenvalue weighted by Crippen LogP contribution is 2.37. The summed E-state index contributed by atoms with van der Waals surface area (Å²) in [5, 5.41) is 13.2. The van der Waals surface area contributed by atoms with Gasteiger partial charge in [0, 0.05) is 24.2 Å². The Morgan fingerprint density at radius 1 is 1.25 bits per heavy atom. The first-order valence-electron chi connectivity index (χ1n) is 5.68. The highest BCUT2D eigenvalue weighted by molar-refractivity contribution is 5.51. The van der Waals surface area contributed by atoms with E-state index in [4.69, 9.17) is 9.47 Å². The number of hydrogen-bond acceptors (Lipinski definition) is 4. The molecule has 2 aliphatic rings. The number of nitrogens with one attached hydrogen (secondary N) is 1. The number of fused-ring (bicyclic) bond motifs is 1. The molecule has 1 saturated carbocycles. The van der Waals surface area contributed by atoms with Crippen molar-refractivity contribution in [3.8, 4) is 17.2 Å². The molecule has 0 radical (unpaired) electrons. The predicted octanol–water partition coefficient (Wildman–Crippen LogP) is 1.76. The molecule has 1 aromatic carbocycles. The molecule has 0 atom stereocenters. The van der Waals surface area contributed by atoms with E-state index in [-0.39, 0.29) is 12.5 Å². The maximum absolute atomic E-state index is 9.80. The number of phenolic OH excluding ortho intramolecular Hbond substituents is 1. The normalized spacial score (nSPS) is 18.5. The van der Waals surface area contributed by atoms with Crippen LogP contribution in [0.4, 0.5) is 0 Å². The summed E-state index contributed by atoms with van der Waals surface area (Å²) in [6, 6.07) is 4.09.